The van der Waals surface area contributed by atoms with Gasteiger partial charge >= 0.3 is 0 Å². The first-order valence-electron chi connectivity index (χ1n) is 7.55. The van der Waals surface area contributed by atoms with Gasteiger partial charge in [0.1, 0.15) is 5.75 Å². The van der Waals surface area contributed by atoms with Crippen LogP contribution in [0.15, 0.2) is 23.1 Å². The quantitative estimate of drug-likeness (QED) is 0.859. The van der Waals surface area contributed by atoms with E-state index >= 15 is 0 Å². The molecule has 2 rings (SSSR count). The van der Waals surface area contributed by atoms with Crippen LogP contribution in [0.2, 0.25) is 0 Å². The molecule has 1 fully saturated rings. The molecule has 1 aromatic rings. The van der Waals surface area contributed by atoms with Gasteiger partial charge in [-0.25, -0.2) is 8.42 Å². The van der Waals surface area contributed by atoms with Crippen molar-refractivity contribution in [1.82, 2.24) is 4.31 Å². The molecular formula is C16H25NO3S. The lowest BCUT2D eigenvalue weighted by Gasteiger charge is -2.34. The van der Waals surface area contributed by atoms with E-state index in [2.05, 4.69) is 13.8 Å². The molecule has 4 nitrogen and oxygen atoms in total. The van der Waals surface area contributed by atoms with Gasteiger partial charge in [0, 0.05) is 13.1 Å². The summed E-state index contributed by atoms with van der Waals surface area (Å²) in [5.74, 6) is 1.57. The highest BCUT2D eigenvalue weighted by Crippen LogP contribution is 2.29. The molecule has 0 aromatic heterocycles. The highest BCUT2D eigenvalue weighted by Gasteiger charge is 2.31. The standard InChI is InChI=1S/C16H25NO3S/c1-5-14-9-15(6-7-16(14)20-4)21(18,19)17-10-12(2)8-13(3)11-17/h6-7,9,12-13H,5,8,10-11H2,1-4H3/t12-,13-/m0/s1. The zero-order valence-electron chi connectivity index (χ0n) is 13.3. The number of hydrogen-bond donors (Lipinski definition) is 0. The monoisotopic (exact) mass is 311 g/mol. The van der Waals surface area contributed by atoms with Crippen molar-refractivity contribution in [3.8, 4) is 5.75 Å². The fraction of sp³-hybridized carbons (Fsp3) is 0.625. The van der Waals surface area contributed by atoms with Crippen molar-refractivity contribution in [3.63, 3.8) is 0 Å². The molecule has 1 heterocycles. The number of hydrogen-bond acceptors (Lipinski definition) is 3. The summed E-state index contributed by atoms with van der Waals surface area (Å²) in [6.07, 6.45) is 1.84. The molecule has 21 heavy (non-hydrogen) atoms. The number of nitrogens with zero attached hydrogens (tertiary/aromatic N) is 1. The van der Waals surface area contributed by atoms with E-state index in [1.165, 1.54) is 0 Å². The van der Waals surface area contributed by atoms with Crippen LogP contribution < -0.4 is 4.74 Å². The van der Waals surface area contributed by atoms with E-state index in [0.29, 0.717) is 29.8 Å². The van der Waals surface area contributed by atoms with Crippen molar-refractivity contribution < 1.29 is 13.2 Å². The average molecular weight is 311 g/mol. The number of aryl methyl sites for hydroxylation is 1. The predicted molar refractivity (Wildman–Crippen MR) is 84.1 cm³/mol. The van der Waals surface area contributed by atoms with E-state index in [1.54, 1.807) is 29.6 Å². The number of piperidine rings is 1. The minimum absolute atomic E-state index is 0.376. The molecule has 0 amide bonds. The fourth-order valence-electron chi connectivity index (χ4n) is 3.14. The summed E-state index contributed by atoms with van der Waals surface area (Å²) in [6.45, 7) is 7.45. The Bertz CT molecular complexity index is 588. The Labute approximate surface area is 128 Å². The van der Waals surface area contributed by atoms with Gasteiger partial charge in [0.05, 0.1) is 12.0 Å². The van der Waals surface area contributed by atoms with Gasteiger partial charge in [0.15, 0.2) is 0 Å². The molecule has 1 saturated heterocycles. The van der Waals surface area contributed by atoms with Gasteiger partial charge in [0.2, 0.25) is 10.0 Å². The maximum absolute atomic E-state index is 12.8. The lowest BCUT2D eigenvalue weighted by molar-refractivity contribution is 0.222. The Balaban J connectivity index is 2.35. The van der Waals surface area contributed by atoms with E-state index in [1.807, 2.05) is 6.92 Å². The Hall–Kier alpha value is -1.07. The highest BCUT2D eigenvalue weighted by molar-refractivity contribution is 7.89. The summed E-state index contributed by atoms with van der Waals surface area (Å²) in [5, 5.41) is 0. The summed E-state index contributed by atoms with van der Waals surface area (Å²) in [7, 11) is -1.80. The van der Waals surface area contributed by atoms with E-state index in [9.17, 15) is 8.42 Å². The SMILES string of the molecule is CCc1cc(S(=O)(=O)N2C[C@@H](C)C[C@H](C)C2)ccc1OC. The molecule has 0 N–H and O–H groups in total. The molecule has 0 aliphatic carbocycles. The van der Waals surface area contributed by atoms with Crippen molar-refractivity contribution in [2.24, 2.45) is 11.8 Å². The summed E-state index contributed by atoms with van der Waals surface area (Å²) < 4.78 is 32.6. The first-order chi connectivity index (χ1) is 9.88. The molecule has 118 valence electrons. The van der Waals surface area contributed by atoms with E-state index in [0.717, 1.165) is 24.2 Å². The zero-order chi connectivity index (χ0) is 15.6. The molecule has 0 unspecified atom stereocenters. The van der Waals surface area contributed by atoms with Gasteiger partial charge < -0.3 is 4.74 Å². The van der Waals surface area contributed by atoms with Crippen molar-refractivity contribution >= 4 is 10.0 Å². The smallest absolute Gasteiger partial charge is 0.243 e. The molecule has 0 radical (unpaired) electrons. The van der Waals surface area contributed by atoms with Crippen molar-refractivity contribution in [2.45, 2.75) is 38.5 Å². The molecule has 1 aliphatic rings. The van der Waals surface area contributed by atoms with Crippen LogP contribution in [0.5, 0.6) is 5.75 Å². The van der Waals surface area contributed by atoms with Crippen LogP contribution in [0.25, 0.3) is 0 Å². The Morgan fingerprint density at radius 2 is 1.86 bits per heavy atom. The first-order valence-corrected chi connectivity index (χ1v) is 8.99. The molecule has 1 aliphatic heterocycles. The number of ether oxygens (including phenoxy) is 1. The van der Waals surface area contributed by atoms with Crippen LogP contribution in [0, 0.1) is 11.8 Å². The zero-order valence-corrected chi connectivity index (χ0v) is 14.1. The minimum Gasteiger partial charge on any atom is -0.496 e. The van der Waals surface area contributed by atoms with Gasteiger partial charge in [-0.1, -0.05) is 20.8 Å². The third-order valence-electron chi connectivity index (χ3n) is 4.11. The maximum Gasteiger partial charge on any atom is 0.243 e. The normalized spacial score (nSPS) is 24.0. The molecule has 0 bridgehead atoms. The topological polar surface area (TPSA) is 46.6 Å². The summed E-state index contributed by atoms with van der Waals surface area (Å²) in [6, 6.07) is 5.15. The summed E-state index contributed by atoms with van der Waals surface area (Å²) in [4.78, 5) is 0.376. The second kappa shape index (κ2) is 6.36. The van der Waals surface area contributed by atoms with Crippen molar-refractivity contribution in [3.05, 3.63) is 23.8 Å². The van der Waals surface area contributed by atoms with Gasteiger partial charge in [-0.15, -0.1) is 0 Å². The van der Waals surface area contributed by atoms with E-state index in [-0.39, 0.29) is 0 Å². The van der Waals surface area contributed by atoms with Gasteiger partial charge in [0.25, 0.3) is 0 Å². The van der Waals surface area contributed by atoms with E-state index in [4.69, 9.17) is 4.74 Å². The summed E-state index contributed by atoms with van der Waals surface area (Å²) in [5.41, 5.74) is 0.927. The van der Waals surface area contributed by atoms with Crippen LogP contribution >= 0.6 is 0 Å². The lowest BCUT2D eigenvalue weighted by Crippen LogP contribution is -2.42. The third-order valence-corrected chi connectivity index (χ3v) is 5.93. The molecule has 5 heteroatoms. The van der Waals surface area contributed by atoms with Gasteiger partial charge in [-0.2, -0.15) is 4.31 Å². The number of rotatable bonds is 4. The molecule has 0 spiro atoms. The minimum atomic E-state index is -3.41. The fourth-order valence-corrected chi connectivity index (χ4v) is 4.87. The Morgan fingerprint density at radius 1 is 1.24 bits per heavy atom. The average Bonchev–Trinajstić information content (AvgIpc) is 2.45. The maximum atomic E-state index is 12.8. The molecule has 0 saturated carbocycles. The number of sulfonamides is 1. The van der Waals surface area contributed by atoms with Crippen LogP contribution in [-0.2, 0) is 16.4 Å². The first kappa shape index (κ1) is 16.3. The van der Waals surface area contributed by atoms with Crippen LogP contribution in [0.1, 0.15) is 32.8 Å². The second-order valence-electron chi connectivity index (χ2n) is 6.10. The van der Waals surface area contributed by atoms with E-state index < -0.39 is 10.0 Å². The Kier molecular flexibility index (Phi) is 4.94. The van der Waals surface area contributed by atoms with Crippen LogP contribution in [-0.4, -0.2) is 32.9 Å². The third kappa shape index (κ3) is 3.40. The largest absolute Gasteiger partial charge is 0.496 e. The van der Waals surface area contributed by atoms with Gasteiger partial charge in [-0.3, -0.25) is 0 Å². The van der Waals surface area contributed by atoms with Crippen LogP contribution in [0.4, 0.5) is 0 Å². The highest BCUT2D eigenvalue weighted by atomic mass is 32.2. The predicted octanol–water partition coefficient (Wildman–Crippen LogP) is 2.92. The second-order valence-corrected chi connectivity index (χ2v) is 8.03. The number of methoxy groups -OCH3 is 1. The van der Waals surface area contributed by atoms with Crippen molar-refractivity contribution in [2.75, 3.05) is 20.2 Å². The lowest BCUT2D eigenvalue weighted by atomic mass is 9.94. The summed E-state index contributed by atoms with van der Waals surface area (Å²) >= 11 is 0. The molecule has 2 atom stereocenters. The Morgan fingerprint density at radius 3 is 2.38 bits per heavy atom. The molecular weight excluding hydrogens is 286 g/mol. The van der Waals surface area contributed by atoms with Gasteiger partial charge in [-0.05, 0) is 48.4 Å². The molecule has 1 aromatic carbocycles. The van der Waals surface area contributed by atoms with Crippen molar-refractivity contribution in [1.29, 1.82) is 0 Å². The number of benzene rings is 1. The van der Waals surface area contributed by atoms with Crippen LogP contribution in [0.3, 0.4) is 0 Å².